The molecule has 1 heterocycles. The third-order valence-electron chi connectivity index (χ3n) is 4.64. The van der Waals surface area contributed by atoms with Crippen LogP contribution in [0.3, 0.4) is 0 Å². The van der Waals surface area contributed by atoms with Gasteiger partial charge in [0.2, 0.25) is 9.84 Å². The van der Waals surface area contributed by atoms with Crippen molar-refractivity contribution in [2.75, 3.05) is 7.05 Å². The lowest BCUT2D eigenvalue weighted by Gasteiger charge is -2.18. The number of halogens is 2. The predicted octanol–water partition coefficient (Wildman–Crippen LogP) is 4.55. The molecule has 156 valence electrons. The van der Waals surface area contributed by atoms with Crippen LogP contribution in [0.2, 0.25) is 10.0 Å². The van der Waals surface area contributed by atoms with E-state index in [9.17, 15) is 18.0 Å². The van der Waals surface area contributed by atoms with E-state index in [1.165, 1.54) is 24.0 Å². The first-order valence-corrected chi connectivity index (χ1v) is 11.1. The van der Waals surface area contributed by atoms with E-state index in [1.54, 1.807) is 43.4 Å². The van der Waals surface area contributed by atoms with Crippen molar-refractivity contribution in [2.45, 2.75) is 23.3 Å². The van der Waals surface area contributed by atoms with Crippen LogP contribution in [0.25, 0.3) is 0 Å². The molecule has 0 saturated carbocycles. The molecule has 1 aromatic heterocycles. The highest BCUT2D eigenvalue weighted by Gasteiger charge is 2.30. The monoisotopic (exact) mass is 464 g/mol. The van der Waals surface area contributed by atoms with Crippen LogP contribution in [0, 0.1) is 6.92 Å². The summed E-state index contributed by atoms with van der Waals surface area (Å²) >= 11 is 12.1. The predicted molar refractivity (Wildman–Crippen MR) is 115 cm³/mol. The molecule has 0 radical (unpaired) electrons. The number of nitrogens with zero attached hydrogens (tertiary/aromatic N) is 1. The number of aromatic nitrogens is 1. The van der Waals surface area contributed by atoms with E-state index in [-0.39, 0.29) is 33.3 Å². The van der Waals surface area contributed by atoms with Crippen molar-refractivity contribution < 1.29 is 18.0 Å². The highest BCUT2D eigenvalue weighted by Crippen LogP contribution is 2.30. The summed E-state index contributed by atoms with van der Waals surface area (Å²) in [7, 11) is -2.44. The second-order valence-corrected chi connectivity index (χ2v) is 9.43. The van der Waals surface area contributed by atoms with Gasteiger partial charge in [0.1, 0.15) is 10.6 Å². The van der Waals surface area contributed by atoms with Gasteiger partial charge in [0.25, 0.3) is 5.91 Å². The van der Waals surface area contributed by atoms with Crippen molar-refractivity contribution in [3.05, 3.63) is 81.1 Å². The molecule has 0 spiro atoms. The van der Waals surface area contributed by atoms with Crippen molar-refractivity contribution in [1.29, 1.82) is 0 Å². The number of nitrogens with one attached hydrogen (secondary N) is 1. The van der Waals surface area contributed by atoms with Crippen molar-refractivity contribution in [1.82, 2.24) is 9.88 Å². The number of aromatic amines is 1. The summed E-state index contributed by atoms with van der Waals surface area (Å²) < 4.78 is 26.1. The van der Waals surface area contributed by atoms with Crippen LogP contribution < -0.4 is 0 Å². The summed E-state index contributed by atoms with van der Waals surface area (Å²) in [6, 6.07) is 12.7. The summed E-state index contributed by atoms with van der Waals surface area (Å²) in [4.78, 5) is 28.5. The highest BCUT2D eigenvalue weighted by atomic mass is 35.5. The maximum atomic E-state index is 13.1. The molecular formula is C21H18Cl2N2O4S. The van der Waals surface area contributed by atoms with Crippen LogP contribution in [0.15, 0.2) is 58.3 Å². The number of rotatable bonds is 6. The van der Waals surface area contributed by atoms with E-state index in [2.05, 4.69) is 4.98 Å². The number of amides is 1. The first-order chi connectivity index (χ1) is 14.2. The lowest BCUT2D eigenvalue weighted by atomic mass is 10.2. The largest absolute Gasteiger partial charge is 0.347 e. The maximum absolute atomic E-state index is 13.1. The van der Waals surface area contributed by atoms with Gasteiger partial charge in [-0.1, -0.05) is 47.5 Å². The smallest absolute Gasteiger partial charge is 0.270 e. The molecule has 6 nitrogen and oxygen atoms in total. The first kappa shape index (κ1) is 22.1. The summed E-state index contributed by atoms with van der Waals surface area (Å²) in [5, 5.41) is 0.885. The number of benzene rings is 2. The second kappa shape index (κ2) is 8.63. The van der Waals surface area contributed by atoms with Gasteiger partial charge in [-0.2, -0.15) is 0 Å². The van der Waals surface area contributed by atoms with E-state index in [0.717, 1.165) is 0 Å². The van der Waals surface area contributed by atoms with Crippen molar-refractivity contribution in [3.8, 4) is 0 Å². The molecule has 0 unspecified atom stereocenters. The SMILES string of the molecule is Cc1c(C(=O)N(C)Cc2ccc(Cl)cc2Cl)[nH]c(C=O)c1S(=O)(=O)c1ccccc1. The van der Waals surface area contributed by atoms with E-state index in [0.29, 0.717) is 21.9 Å². The fourth-order valence-corrected chi connectivity index (χ4v) is 5.24. The molecule has 0 atom stereocenters. The van der Waals surface area contributed by atoms with Crippen LogP contribution >= 0.6 is 23.2 Å². The molecule has 30 heavy (non-hydrogen) atoms. The Bertz CT molecular complexity index is 1220. The Labute approximate surface area is 184 Å². The molecule has 0 saturated heterocycles. The molecular weight excluding hydrogens is 447 g/mol. The van der Waals surface area contributed by atoms with Crippen molar-refractivity contribution >= 4 is 45.2 Å². The fraction of sp³-hybridized carbons (Fsp3) is 0.143. The Kier molecular flexibility index (Phi) is 6.36. The Morgan fingerprint density at radius 2 is 1.80 bits per heavy atom. The molecule has 3 rings (SSSR count). The highest BCUT2D eigenvalue weighted by molar-refractivity contribution is 7.91. The standard InChI is InChI=1S/C21H18Cl2N2O4S/c1-13-19(21(27)25(2)11-14-8-9-15(22)10-17(14)23)24-18(12-26)20(13)30(28,29)16-6-4-3-5-7-16/h3-10,12,24H,11H2,1-2H3. The molecule has 0 aliphatic rings. The van der Waals surface area contributed by atoms with Gasteiger partial charge in [-0.05, 0) is 42.3 Å². The van der Waals surface area contributed by atoms with E-state index in [1.807, 2.05) is 0 Å². The second-order valence-electron chi connectivity index (χ2n) is 6.70. The first-order valence-electron chi connectivity index (χ1n) is 8.84. The average Bonchev–Trinajstić information content (AvgIpc) is 3.07. The fourth-order valence-electron chi connectivity index (χ4n) is 3.13. The quantitative estimate of drug-likeness (QED) is 0.542. The lowest BCUT2D eigenvalue weighted by Crippen LogP contribution is -2.27. The zero-order chi connectivity index (χ0) is 22.1. The minimum absolute atomic E-state index is 0.0270. The maximum Gasteiger partial charge on any atom is 0.270 e. The lowest BCUT2D eigenvalue weighted by molar-refractivity contribution is 0.0779. The van der Waals surface area contributed by atoms with Gasteiger partial charge in [0, 0.05) is 23.6 Å². The summed E-state index contributed by atoms with van der Waals surface area (Å²) in [5.41, 5.74) is 0.714. The van der Waals surface area contributed by atoms with Gasteiger partial charge in [-0.25, -0.2) is 8.42 Å². The third kappa shape index (κ3) is 4.14. The van der Waals surface area contributed by atoms with Crippen LogP contribution in [-0.4, -0.2) is 37.5 Å². The van der Waals surface area contributed by atoms with Gasteiger partial charge >= 0.3 is 0 Å². The third-order valence-corrected chi connectivity index (χ3v) is 7.19. The van der Waals surface area contributed by atoms with Crippen LogP contribution in [0.4, 0.5) is 0 Å². The number of H-pyrrole nitrogens is 1. The number of sulfone groups is 1. The van der Waals surface area contributed by atoms with E-state index < -0.39 is 15.7 Å². The van der Waals surface area contributed by atoms with Gasteiger partial charge in [0.15, 0.2) is 6.29 Å². The number of carbonyl (C=O) groups excluding carboxylic acids is 2. The van der Waals surface area contributed by atoms with Gasteiger partial charge in [-0.3, -0.25) is 9.59 Å². The van der Waals surface area contributed by atoms with Crippen LogP contribution in [0.5, 0.6) is 0 Å². The molecule has 0 bridgehead atoms. The Hall–Kier alpha value is -2.61. The van der Waals surface area contributed by atoms with Gasteiger partial charge < -0.3 is 9.88 Å². The van der Waals surface area contributed by atoms with Gasteiger partial charge in [0.05, 0.1) is 10.6 Å². The summed E-state index contributed by atoms with van der Waals surface area (Å²) in [6.45, 7) is 1.67. The molecule has 0 fully saturated rings. The molecule has 1 amide bonds. The number of hydrogen-bond acceptors (Lipinski definition) is 4. The van der Waals surface area contributed by atoms with Crippen LogP contribution in [-0.2, 0) is 16.4 Å². The topological polar surface area (TPSA) is 87.3 Å². The van der Waals surface area contributed by atoms with Crippen molar-refractivity contribution in [2.24, 2.45) is 0 Å². The van der Waals surface area contributed by atoms with E-state index >= 15 is 0 Å². The normalized spacial score (nSPS) is 11.3. The number of carbonyl (C=O) groups is 2. The summed E-state index contributed by atoms with van der Waals surface area (Å²) in [5.74, 6) is -0.476. The minimum Gasteiger partial charge on any atom is -0.347 e. The van der Waals surface area contributed by atoms with E-state index in [4.69, 9.17) is 23.2 Å². The molecule has 9 heteroatoms. The Morgan fingerprint density at radius 3 is 2.40 bits per heavy atom. The number of aldehydes is 1. The van der Waals surface area contributed by atoms with Crippen molar-refractivity contribution in [3.63, 3.8) is 0 Å². The zero-order valence-corrected chi connectivity index (χ0v) is 18.5. The van der Waals surface area contributed by atoms with Gasteiger partial charge in [-0.15, -0.1) is 0 Å². The molecule has 3 aromatic rings. The molecule has 1 N–H and O–H groups in total. The Morgan fingerprint density at radius 1 is 1.13 bits per heavy atom. The molecule has 2 aromatic carbocycles. The average molecular weight is 465 g/mol. The zero-order valence-electron chi connectivity index (χ0n) is 16.1. The molecule has 0 aliphatic carbocycles. The number of hydrogen-bond donors (Lipinski definition) is 1. The Balaban J connectivity index is 1.99. The van der Waals surface area contributed by atoms with Crippen LogP contribution in [0.1, 0.15) is 32.1 Å². The molecule has 0 aliphatic heterocycles. The summed E-state index contributed by atoms with van der Waals surface area (Å²) in [6.07, 6.45) is 0.398. The minimum atomic E-state index is -3.99.